The third kappa shape index (κ3) is 5.93. The zero-order valence-electron chi connectivity index (χ0n) is 8.79. The molecule has 0 aromatic carbocycles. The maximum Gasteiger partial charge on any atom is 0.309 e. The average molecular weight is 205 g/mol. The van der Waals surface area contributed by atoms with Crippen molar-refractivity contribution in [2.75, 3.05) is 25.7 Å². The Kier molecular flexibility index (Phi) is 7.09. The van der Waals surface area contributed by atoms with Crippen molar-refractivity contribution in [3.63, 3.8) is 0 Å². The minimum absolute atomic E-state index is 0.0608. The molecule has 0 radical (unpaired) electrons. The lowest BCUT2D eigenvalue weighted by atomic mass is 10.2. The molecule has 0 fully saturated rings. The van der Waals surface area contributed by atoms with Gasteiger partial charge in [0, 0.05) is 18.3 Å². The second-order valence-corrected chi connectivity index (χ2v) is 4.10. The van der Waals surface area contributed by atoms with Gasteiger partial charge in [-0.1, -0.05) is 6.92 Å². The van der Waals surface area contributed by atoms with E-state index in [1.54, 1.807) is 11.8 Å². The SMILES string of the molecule is COC(=O)C(C)CNC(C)CSC. The minimum atomic E-state index is -0.149. The summed E-state index contributed by atoms with van der Waals surface area (Å²) < 4.78 is 4.62. The first kappa shape index (κ1) is 12.8. The molecule has 0 aromatic rings. The number of carbonyl (C=O) groups is 1. The fourth-order valence-corrected chi connectivity index (χ4v) is 1.59. The molecule has 0 saturated carbocycles. The molecule has 2 unspecified atom stereocenters. The van der Waals surface area contributed by atoms with Gasteiger partial charge in [-0.2, -0.15) is 11.8 Å². The van der Waals surface area contributed by atoms with Gasteiger partial charge in [0.2, 0.25) is 0 Å². The smallest absolute Gasteiger partial charge is 0.309 e. The summed E-state index contributed by atoms with van der Waals surface area (Å²) in [6.45, 7) is 4.67. The van der Waals surface area contributed by atoms with Crippen molar-refractivity contribution in [2.24, 2.45) is 5.92 Å². The maximum atomic E-state index is 11.0. The summed E-state index contributed by atoms with van der Waals surface area (Å²) in [4.78, 5) is 11.0. The van der Waals surface area contributed by atoms with Crippen LogP contribution in [0.5, 0.6) is 0 Å². The van der Waals surface area contributed by atoms with Crippen molar-refractivity contribution < 1.29 is 9.53 Å². The number of nitrogens with one attached hydrogen (secondary N) is 1. The molecule has 0 aliphatic carbocycles. The van der Waals surface area contributed by atoms with Gasteiger partial charge in [0.1, 0.15) is 0 Å². The highest BCUT2D eigenvalue weighted by Gasteiger charge is 2.13. The molecule has 0 heterocycles. The van der Waals surface area contributed by atoms with E-state index in [-0.39, 0.29) is 11.9 Å². The summed E-state index contributed by atoms with van der Waals surface area (Å²) in [5.41, 5.74) is 0. The molecule has 0 aliphatic rings. The van der Waals surface area contributed by atoms with Gasteiger partial charge in [0.25, 0.3) is 0 Å². The number of ether oxygens (including phenoxy) is 1. The van der Waals surface area contributed by atoms with E-state index in [0.29, 0.717) is 12.6 Å². The Balaban J connectivity index is 3.56. The zero-order chi connectivity index (χ0) is 10.3. The van der Waals surface area contributed by atoms with Gasteiger partial charge in [-0.3, -0.25) is 4.79 Å². The predicted molar refractivity (Wildman–Crippen MR) is 57.0 cm³/mol. The molecule has 78 valence electrons. The van der Waals surface area contributed by atoms with Crippen molar-refractivity contribution in [2.45, 2.75) is 19.9 Å². The topological polar surface area (TPSA) is 38.3 Å². The molecule has 0 aromatic heterocycles. The normalized spacial score (nSPS) is 15.1. The van der Waals surface area contributed by atoms with E-state index < -0.39 is 0 Å². The summed E-state index contributed by atoms with van der Waals surface area (Å²) in [7, 11) is 1.42. The van der Waals surface area contributed by atoms with Gasteiger partial charge in [-0.15, -0.1) is 0 Å². The van der Waals surface area contributed by atoms with Crippen LogP contribution in [-0.2, 0) is 9.53 Å². The second kappa shape index (κ2) is 7.21. The molecule has 0 bridgehead atoms. The fourth-order valence-electron chi connectivity index (χ4n) is 0.971. The average Bonchev–Trinajstić information content (AvgIpc) is 2.13. The zero-order valence-corrected chi connectivity index (χ0v) is 9.61. The van der Waals surface area contributed by atoms with Crippen LogP contribution in [0.3, 0.4) is 0 Å². The molecule has 0 rings (SSSR count). The van der Waals surface area contributed by atoms with Gasteiger partial charge < -0.3 is 10.1 Å². The highest BCUT2D eigenvalue weighted by Crippen LogP contribution is 1.99. The van der Waals surface area contributed by atoms with E-state index in [0.717, 1.165) is 5.75 Å². The summed E-state index contributed by atoms with van der Waals surface area (Å²) >= 11 is 1.80. The first-order chi connectivity index (χ1) is 6.11. The summed E-state index contributed by atoms with van der Waals surface area (Å²) in [6.07, 6.45) is 2.07. The quantitative estimate of drug-likeness (QED) is 0.660. The number of hydrogen-bond donors (Lipinski definition) is 1. The molecule has 4 heteroatoms. The number of carbonyl (C=O) groups excluding carboxylic acids is 1. The monoisotopic (exact) mass is 205 g/mol. The third-order valence-electron chi connectivity index (χ3n) is 1.79. The predicted octanol–water partition coefficient (Wildman–Crippen LogP) is 1.14. The van der Waals surface area contributed by atoms with Gasteiger partial charge in [-0.25, -0.2) is 0 Å². The Morgan fingerprint density at radius 3 is 2.62 bits per heavy atom. The molecule has 0 aliphatic heterocycles. The van der Waals surface area contributed by atoms with Crippen molar-refractivity contribution >= 4 is 17.7 Å². The van der Waals surface area contributed by atoms with Crippen molar-refractivity contribution in [1.82, 2.24) is 5.32 Å². The number of thioether (sulfide) groups is 1. The van der Waals surface area contributed by atoms with Gasteiger partial charge in [0.05, 0.1) is 13.0 Å². The number of methoxy groups -OCH3 is 1. The van der Waals surface area contributed by atoms with Crippen molar-refractivity contribution in [3.05, 3.63) is 0 Å². The second-order valence-electron chi connectivity index (χ2n) is 3.19. The largest absolute Gasteiger partial charge is 0.469 e. The molecular weight excluding hydrogens is 186 g/mol. The Labute approximate surface area is 84.6 Å². The maximum absolute atomic E-state index is 11.0. The van der Waals surface area contributed by atoms with Crippen molar-refractivity contribution in [3.8, 4) is 0 Å². The van der Waals surface area contributed by atoms with Crippen molar-refractivity contribution in [1.29, 1.82) is 0 Å². The third-order valence-corrected chi connectivity index (χ3v) is 2.63. The van der Waals surface area contributed by atoms with Gasteiger partial charge in [0.15, 0.2) is 0 Å². The first-order valence-corrected chi connectivity index (χ1v) is 5.81. The number of esters is 1. The van der Waals surface area contributed by atoms with E-state index in [1.165, 1.54) is 7.11 Å². The Hall–Kier alpha value is -0.220. The van der Waals surface area contributed by atoms with E-state index in [9.17, 15) is 4.79 Å². The lowest BCUT2D eigenvalue weighted by Gasteiger charge is -2.15. The van der Waals surface area contributed by atoms with E-state index >= 15 is 0 Å². The summed E-state index contributed by atoms with van der Waals surface area (Å²) in [5, 5.41) is 3.28. The fraction of sp³-hybridized carbons (Fsp3) is 0.889. The van der Waals surface area contributed by atoms with Crippen LogP contribution >= 0.6 is 11.8 Å². The molecule has 1 N–H and O–H groups in total. The standard InChI is InChI=1S/C9H19NO2S/c1-7(9(11)12-3)5-10-8(2)6-13-4/h7-8,10H,5-6H2,1-4H3. The van der Waals surface area contributed by atoms with Crippen LogP contribution in [0.15, 0.2) is 0 Å². The van der Waals surface area contributed by atoms with Crippen LogP contribution in [-0.4, -0.2) is 37.7 Å². The summed E-state index contributed by atoms with van der Waals surface area (Å²) in [6, 6.07) is 0.446. The van der Waals surface area contributed by atoms with E-state index in [1.807, 2.05) is 6.92 Å². The molecule has 3 nitrogen and oxygen atoms in total. The number of rotatable bonds is 6. The van der Waals surface area contributed by atoms with Crippen LogP contribution in [0, 0.1) is 5.92 Å². The molecule has 2 atom stereocenters. The molecule has 13 heavy (non-hydrogen) atoms. The number of hydrogen-bond acceptors (Lipinski definition) is 4. The first-order valence-electron chi connectivity index (χ1n) is 4.42. The molecule has 0 spiro atoms. The van der Waals surface area contributed by atoms with Gasteiger partial charge >= 0.3 is 5.97 Å². The van der Waals surface area contributed by atoms with E-state index in [4.69, 9.17) is 0 Å². The van der Waals surface area contributed by atoms with Crippen LogP contribution in [0.1, 0.15) is 13.8 Å². The molecule has 0 amide bonds. The Morgan fingerprint density at radius 1 is 1.54 bits per heavy atom. The van der Waals surface area contributed by atoms with Crippen LogP contribution in [0.4, 0.5) is 0 Å². The highest BCUT2D eigenvalue weighted by molar-refractivity contribution is 7.98. The molecule has 0 saturated heterocycles. The van der Waals surface area contributed by atoms with Crippen LogP contribution < -0.4 is 5.32 Å². The Morgan fingerprint density at radius 2 is 2.15 bits per heavy atom. The van der Waals surface area contributed by atoms with E-state index in [2.05, 4.69) is 23.2 Å². The summed E-state index contributed by atoms with van der Waals surface area (Å²) in [5.74, 6) is 0.853. The van der Waals surface area contributed by atoms with Crippen LogP contribution in [0.25, 0.3) is 0 Å². The lowest BCUT2D eigenvalue weighted by Crippen LogP contribution is -2.34. The highest BCUT2D eigenvalue weighted by atomic mass is 32.2. The van der Waals surface area contributed by atoms with Crippen LogP contribution in [0.2, 0.25) is 0 Å². The minimum Gasteiger partial charge on any atom is -0.469 e. The Bertz CT molecular complexity index is 153. The molecular formula is C9H19NO2S. The lowest BCUT2D eigenvalue weighted by molar-refractivity contribution is -0.144. The van der Waals surface area contributed by atoms with Gasteiger partial charge in [-0.05, 0) is 13.2 Å².